The van der Waals surface area contributed by atoms with E-state index in [-0.39, 0.29) is 38.6 Å². The van der Waals surface area contributed by atoms with Gasteiger partial charge in [-0.25, -0.2) is 4.79 Å². The van der Waals surface area contributed by atoms with Gasteiger partial charge >= 0.3 is 11.9 Å². The van der Waals surface area contributed by atoms with Crippen LogP contribution < -0.4 is 9.47 Å². The molecule has 0 radical (unpaired) electrons. The number of unbranched alkanes of at least 4 members (excludes halogenated alkanes) is 2. The monoisotopic (exact) mass is 734 g/mol. The van der Waals surface area contributed by atoms with Crippen LogP contribution in [0, 0.1) is 23.7 Å². The van der Waals surface area contributed by atoms with Crippen LogP contribution in [0.2, 0.25) is 0 Å². The molecule has 1 unspecified atom stereocenters. The summed E-state index contributed by atoms with van der Waals surface area (Å²) in [4.78, 5) is 23.8. The van der Waals surface area contributed by atoms with Gasteiger partial charge in [-0.3, -0.25) is 4.79 Å². The lowest BCUT2D eigenvalue weighted by Crippen LogP contribution is -2.20. The number of carbonyl (C=O) groups is 2. The molecule has 2 aromatic carbocycles. The Morgan fingerprint density at radius 3 is 1.89 bits per heavy atom. The van der Waals surface area contributed by atoms with E-state index in [0.29, 0.717) is 17.4 Å². The second kappa shape index (κ2) is 22.8. The fourth-order valence-corrected chi connectivity index (χ4v) is 8.10. The molecule has 0 spiro atoms. The van der Waals surface area contributed by atoms with Gasteiger partial charge in [-0.15, -0.1) is 0 Å². The highest BCUT2D eigenvalue weighted by molar-refractivity contribution is 5.87. The van der Waals surface area contributed by atoms with E-state index in [2.05, 4.69) is 38.6 Å². The number of aliphatic hydroxyl groups excluding tert-OH is 2. The number of aliphatic hydroxyl groups is 2. The SMILES string of the molecule is C=C(CO)C(=O)OCCOc1cc(OCCOC(=O)C(C)CO)cc(-c2ccc(C3CCC(CCC4CCC(CCCCC)CC4)CC3)c(CC)c2)c1. The zero-order chi connectivity index (χ0) is 38.0. The number of benzene rings is 2. The highest BCUT2D eigenvalue weighted by atomic mass is 16.6. The van der Waals surface area contributed by atoms with Crippen LogP contribution in [0.5, 0.6) is 11.5 Å². The van der Waals surface area contributed by atoms with Crippen LogP contribution in [0.4, 0.5) is 0 Å². The minimum atomic E-state index is -0.662. The van der Waals surface area contributed by atoms with Crippen LogP contribution in [0.25, 0.3) is 11.1 Å². The first-order valence-corrected chi connectivity index (χ1v) is 20.5. The van der Waals surface area contributed by atoms with Crippen LogP contribution in [-0.2, 0) is 25.5 Å². The number of hydrogen-bond acceptors (Lipinski definition) is 8. The summed E-state index contributed by atoms with van der Waals surface area (Å²) in [5.41, 5.74) is 4.82. The summed E-state index contributed by atoms with van der Waals surface area (Å²) in [7, 11) is 0. The highest BCUT2D eigenvalue weighted by Gasteiger charge is 2.26. The molecular weight excluding hydrogens is 668 g/mol. The normalized spacial score (nSPS) is 20.7. The average Bonchev–Trinajstić information content (AvgIpc) is 3.19. The van der Waals surface area contributed by atoms with Crippen molar-refractivity contribution in [2.75, 3.05) is 39.6 Å². The number of hydrogen-bond donors (Lipinski definition) is 2. The van der Waals surface area contributed by atoms with Gasteiger partial charge in [-0.05, 0) is 97.1 Å². The van der Waals surface area contributed by atoms with Gasteiger partial charge in [-0.2, -0.15) is 0 Å². The average molecular weight is 735 g/mol. The number of esters is 2. The molecule has 2 fully saturated rings. The van der Waals surface area contributed by atoms with Gasteiger partial charge in [0.1, 0.15) is 37.9 Å². The first-order chi connectivity index (χ1) is 25.7. The van der Waals surface area contributed by atoms with Gasteiger partial charge in [0.2, 0.25) is 0 Å². The molecule has 2 aliphatic rings. The van der Waals surface area contributed by atoms with E-state index in [0.717, 1.165) is 35.3 Å². The lowest BCUT2D eigenvalue weighted by molar-refractivity contribution is -0.149. The van der Waals surface area contributed by atoms with E-state index in [1.807, 2.05) is 12.1 Å². The van der Waals surface area contributed by atoms with Crippen molar-refractivity contribution >= 4 is 11.9 Å². The first-order valence-electron chi connectivity index (χ1n) is 20.5. The van der Waals surface area contributed by atoms with Gasteiger partial charge in [-0.1, -0.05) is 103 Å². The molecule has 0 amide bonds. The molecule has 1 atom stereocenters. The summed E-state index contributed by atoms with van der Waals surface area (Å²) in [6, 6.07) is 12.5. The molecule has 8 nitrogen and oxygen atoms in total. The smallest absolute Gasteiger partial charge is 0.335 e. The largest absolute Gasteiger partial charge is 0.490 e. The molecule has 0 aliphatic heterocycles. The van der Waals surface area contributed by atoms with Crippen LogP contribution in [0.1, 0.15) is 128 Å². The maximum Gasteiger partial charge on any atom is 0.335 e. The van der Waals surface area contributed by atoms with Crippen LogP contribution in [0.15, 0.2) is 48.6 Å². The van der Waals surface area contributed by atoms with Crippen LogP contribution >= 0.6 is 0 Å². The van der Waals surface area contributed by atoms with E-state index in [1.165, 1.54) is 101 Å². The van der Waals surface area contributed by atoms with Gasteiger partial charge < -0.3 is 29.2 Å². The van der Waals surface area contributed by atoms with E-state index in [9.17, 15) is 14.7 Å². The molecule has 2 N–H and O–H groups in total. The summed E-state index contributed by atoms with van der Waals surface area (Å²) in [6.45, 7) is 9.17. The Balaban J connectivity index is 1.35. The lowest BCUT2D eigenvalue weighted by atomic mass is 9.73. The van der Waals surface area contributed by atoms with Crippen molar-refractivity contribution in [1.29, 1.82) is 0 Å². The highest BCUT2D eigenvalue weighted by Crippen LogP contribution is 2.42. The Kier molecular flexibility index (Phi) is 18.2. The van der Waals surface area contributed by atoms with E-state index >= 15 is 0 Å². The Labute approximate surface area is 318 Å². The third kappa shape index (κ3) is 13.8. The van der Waals surface area contributed by atoms with Crippen molar-refractivity contribution < 1.29 is 38.7 Å². The van der Waals surface area contributed by atoms with Crippen LogP contribution in [-0.4, -0.2) is 61.8 Å². The predicted octanol–water partition coefficient (Wildman–Crippen LogP) is 9.38. The molecule has 0 heterocycles. The summed E-state index contributed by atoms with van der Waals surface area (Å²) >= 11 is 0. The molecule has 2 aliphatic carbocycles. The molecule has 4 rings (SSSR count). The van der Waals surface area contributed by atoms with Crippen molar-refractivity contribution in [2.45, 2.75) is 123 Å². The predicted molar refractivity (Wildman–Crippen MR) is 210 cm³/mol. The molecule has 8 heteroatoms. The van der Waals surface area contributed by atoms with E-state index in [1.54, 1.807) is 13.0 Å². The van der Waals surface area contributed by atoms with Gasteiger partial charge in [0.15, 0.2) is 0 Å². The second-order valence-corrected chi connectivity index (χ2v) is 15.5. The topological polar surface area (TPSA) is 112 Å². The minimum absolute atomic E-state index is 0.00557. The molecule has 2 aromatic rings. The molecule has 0 aromatic heterocycles. The third-order valence-electron chi connectivity index (χ3n) is 11.5. The van der Waals surface area contributed by atoms with E-state index < -0.39 is 24.5 Å². The zero-order valence-electron chi connectivity index (χ0n) is 32.8. The fourth-order valence-electron chi connectivity index (χ4n) is 8.10. The summed E-state index contributed by atoms with van der Waals surface area (Å²) in [6.07, 6.45) is 20.4. The van der Waals surface area contributed by atoms with E-state index in [4.69, 9.17) is 24.1 Å². The molecule has 53 heavy (non-hydrogen) atoms. The van der Waals surface area contributed by atoms with Crippen molar-refractivity contribution in [2.24, 2.45) is 23.7 Å². The summed E-state index contributed by atoms with van der Waals surface area (Å²) < 4.78 is 22.3. The molecule has 0 saturated heterocycles. The van der Waals surface area contributed by atoms with Crippen molar-refractivity contribution in [3.05, 3.63) is 59.7 Å². The van der Waals surface area contributed by atoms with Crippen molar-refractivity contribution in [3.63, 3.8) is 0 Å². The maximum atomic E-state index is 12.0. The maximum absolute atomic E-state index is 12.0. The second-order valence-electron chi connectivity index (χ2n) is 15.5. The lowest BCUT2D eigenvalue weighted by Gasteiger charge is -2.33. The minimum Gasteiger partial charge on any atom is -0.490 e. The summed E-state index contributed by atoms with van der Waals surface area (Å²) in [5.74, 6) is 2.79. The number of carbonyl (C=O) groups excluding carboxylic acids is 2. The molecule has 0 bridgehead atoms. The number of aryl methyl sites for hydroxylation is 1. The molecule has 294 valence electrons. The Bertz CT molecular complexity index is 1420. The van der Waals surface area contributed by atoms with Gasteiger partial charge in [0, 0.05) is 6.07 Å². The Hall–Kier alpha value is -3.36. The third-order valence-corrected chi connectivity index (χ3v) is 11.5. The Morgan fingerprint density at radius 1 is 0.736 bits per heavy atom. The quantitative estimate of drug-likeness (QED) is 0.0700. The van der Waals surface area contributed by atoms with Gasteiger partial charge in [0.05, 0.1) is 24.7 Å². The van der Waals surface area contributed by atoms with Crippen LogP contribution in [0.3, 0.4) is 0 Å². The zero-order valence-corrected chi connectivity index (χ0v) is 32.8. The standard InChI is InChI=1S/C45H66O8/c1-5-7-8-9-34-10-12-35(13-11-34)14-15-36-16-18-38(19-17-36)43-21-20-39(26-37(43)6-2)40-27-41(50-22-24-52-44(48)32(3)30-46)29-42(28-40)51-23-25-53-45(49)33(4)31-47/h20-21,26-29,33-36,38,46-47H,3,5-19,22-25,30-31H2,1-2,4H3. The van der Waals surface area contributed by atoms with Gasteiger partial charge in [0.25, 0.3) is 0 Å². The van der Waals surface area contributed by atoms with Crippen molar-refractivity contribution in [1.82, 2.24) is 0 Å². The fraction of sp³-hybridized carbons (Fsp3) is 0.644. The summed E-state index contributed by atoms with van der Waals surface area (Å²) in [5, 5.41) is 18.3. The number of ether oxygens (including phenoxy) is 4. The van der Waals surface area contributed by atoms with Crippen molar-refractivity contribution in [3.8, 4) is 22.6 Å². The molecule has 2 saturated carbocycles. The Morgan fingerprint density at radius 2 is 1.32 bits per heavy atom. The molecular formula is C45H66O8. The first kappa shape index (κ1) is 42.4. The number of rotatable bonds is 22.